The lowest BCUT2D eigenvalue weighted by molar-refractivity contribution is -0.141. The molecule has 0 amide bonds. The van der Waals surface area contributed by atoms with Crippen LogP contribution in [0.15, 0.2) is 66.3 Å². The van der Waals surface area contributed by atoms with E-state index in [2.05, 4.69) is 13.2 Å². The van der Waals surface area contributed by atoms with Crippen molar-refractivity contribution in [3.05, 3.63) is 71.8 Å². The first-order chi connectivity index (χ1) is 17.2. The smallest absolute Gasteiger partial charge is 0.333 e. The molecule has 0 aliphatic carbocycles. The minimum atomic E-state index is -1.09. The fourth-order valence-corrected chi connectivity index (χ4v) is 3.12. The van der Waals surface area contributed by atoms with Crippen molar-refractivity contribution in [2.75, 3.05) is 39.6 Å². The summed E-state index contributed by atoms with van der Waals surface area (Å²) in [6, 6.07) is 9.50. The van der Waals surface area contributed by atoms with Crippen molar-refractivity contribution in [3.63, 3.8) is 0 Å². The Labute approximate surface area is 212 Å². The SMILES string of the molecule is C=C(CC=C(C)C(=O)O)C(=O)OCCOCCOC(COCC)C(Cc1ccccc1)C(=C)C(=O)O. The molecule has 36 heavy (non-hydrogen) atoms. The summed E-state index contributed by atoms with van der Waals surface area (Å²) >= 11 is 0. The third-order valence-corrected chi connectivity index (χ3v) is 5.26. The molecule has 0 radical (unpaired) electrons. The number of hydrogen-bond donors (Lipinski definition) is 2. The summed E-state index contributed by atoms with van der Waals surface area (Å²) in [5.41, 5.74) is 1.27. The molecule has 0 saturated carbocycles. The van der Waals surface area contributed by atoms with Crippen LogP contribution in [-0.2, 0) is 39.8 Å². The van der Waals surface area contributed by atoms with Crippen molar-refractivity contribution in [3.8, 4) is 0 Å². The summed E-state index contributed by atoms with van der Waals surface area (Å²) in [5.74, 6) is -3.28. The van der Waals surface area contributed by atoms with Crippen molar-refractivity contribution < 1.29 is 43.5 Å². The van der Waals surface area contributed by atoms with Crippen molar-refractivity contribution in [1.29, 1.82) is 0 Å². The van der Waals surface area contributed by atoms with Crippen molar-refractivity contribution in [2.24, 2.45) is 5.92 Å². The molecule has 2 N–H and O–H groups in total. The molecule has 198 valence electrons. The number of carboxylic acid groups (broad SMARTS) is 2. The molecule has 0 fully saturated rings. The second-order valence-electron chi connectivity index (χ2n) is 7.94. The van der Waals surface area contributed by atoms with E-state index in [0.29, 0.717) is 13.0 Å². The number of carbonyl (C=O) groups is 3. The molecule has 1 rings (SSSR count). The fourth-order valence-electron chi connectivity index (χ4n) is 3.12. The van der Waals surface area contributed by atoms with E-state index in [1.54, 1.807) is 0 Å². The van der Waals surface area contributed by atoms with E-state index in [4.69, 9.17) is 24.1 Å². The summed E-state index contributed by atoms with van der Waals surface area (Å²) in [4.78, 5) is 34.3. The fraction of sp³-hybridized carbons (Fsp3) is 0.444. The molecule has 1 aromatic carbocycles. The quantitative estimate of drug-likeness (QED) is 0.165. The van der Waals surface area contributed by atoms with Crippen LogP contribution < -0.4 is 0 Å². The number of benzene rings is 1. The Bertz CT molecular complexity index is 905. The van der Waals surface area contributed by atoms with Gasteiger partial charge in [0.2, 0.25) is 0 Å². The number of carbonyl (C=O) groups excluding carboxylic acids is 1. The van der Waals surface area contributed by atoms with Crippen molar-refractivity contribution in [1.82, 2.24) is 0 Å². The van der Waals surface area contributed by atoms with Gasteiger partial charge in [0.15, 0.2) is 0 Å². The van der Waals surface area contributed by atoms with Gasteiger partial charge in [0.05, 0.1) is 32.5 Å². The summed E-state index contributed by atoms with van der Waals surface area (Å²) in [5, 5.41) is 18.4. The Morgan fingerprint density at radius 3 is 2.25 bits per heavy atom. The molecule has 9 heteroatoms. The normalized spacial score (nSPS) is 13.0. The zero-order valence-corrected chi connectivity index (χ0v) is 20.9. The van der Waals surface area contributed by atoms with Gasteiger partial charge in [-0.2, -0.15) is 0 Å². The first-order valence-electron chi connectivity index (χ1n) is 11.6. The number of ether oxygens (including phenoxy) is 4. The van der Waals surface area contributed by atoms with Gasteiger partial charge in [0, 0.05) is 29.2 Å². The summed E-state index contributed by atoms with van der Waals surface area (Å²) in [6.45, 7) is 11.8. The summed E-state index contributed by atoms with van der Waals surface area (Å²) in [6.07, 6.45) is 1.37. The van der Waals surface area contributed by atoms with Crippen LogP contribution in [0.5, 0.6) is 0 Å². The van der Waals surface area contributed by atoms with Crippen LogP contribution in [0, 0.1) is 5.92 Å². The first kappa shape index (κ1) is 30.8. The predicted molar refractivity (Wildman–Crippen MR) is 134 cm³/mol. The van der Waals surface area contributed by atoms with E-state index in [9.17, 15) is 19.5 Å². The molecule has 0 saturated heterocycles. The second kappa shape index (κ2) is 17.2. The minimum absolute atomic E-state index is 0.00565. The molecule has 0 aliphatic heterocycles. The van der Waals surface area contributed by atoms with E-state index < -0.39 is 29.9 Å². The molecular weight excluding hydrogens is 468 g/mol. The average molecular weight is 505 g/mol. The zero-order chi connectivity index (χ0) is 26.9. The summed E-state index contributed by atoms with van der Waals surface area (Å²) in [7, 11) is 0. The highest BCUT2D eigenvalue weighted by Crippen LogP contribution is 2.23. The number of esters is 1. The molecular formula is C27H36O9. The monoisotopic (exact) mass is 504 g/mol. The minimum Gasteiger partial charge on any atom is -0.478 e. The highest BCUT2D eigenvalue weighted by molar-refractivity contribution is 5.89. The van der Waals surface area contributed by atoms with Crippen LogP contribution in [0.25, 0.3) is 0 Å². The predicted octanol–water partition coefficient (Wildman–Crippen LogP) is 3.44. The highest BCUT2D eigenvalue weighted by atomic mass is 16.6. The molecule has 1 aromatic rings. The van der Waals surface area contributed by atoms with Crippen LogP contribution in [0.2, 0.25) is 0 Å². The van der Waals surface area contributed by atoms with Gasteiger partial charge in [0.25, 0.3) is 0 Å². The summed E-state index contributed by atoms with van der Waals surface area (Å²) < 4.78 is 22.0. The zero-order valence-electron chi connectivity index (χ0n) is 20.9. The third-order valence-electron chi connectivity index (χ3n) is 5.26. The Hall–Kier alpha value is -3.27. The molecule has 2 atom stereocenters. The number of rotatable bonds is 19. The highest BCUT2D eigenvalue weighted by Gasteiger charge is 2.29. The topological polar surface area (TPSA) is 129 Å². The Balaban J connectivity index is 2.51. The largest absolute Gasteiger partial charge is 0.478 e. The van der Waals surface area contributed by atoms with Gasteiger partial charge in [-0.15, -0.1) is 0 Å². The standard InChI is InChI=1S/C27H36O9/c1-5-33-18-24(23(21(4)26(30)31)17-22-9-7-6-8-10-22)35-15-13-34-14-16-36-27(32)20(3)12-11-19(2)25(28)29/h6-11,23-24H,3-5,12-18H2,1-2H3,(H,28,29)(H,30,31). The van der Waals surface area contributed by atoms with Gasteiger partial charge in [0.1, 0.15) is 6.61 Å². The van der Waals surface area contributed by atoms with E-state index in [1.165, 1.54) is 13.0 Å². The van der Waals surface area contributed by atoms with Gasteiger partial charge in [-0.05, 0) is 32.3 Å². The number of carboxylic acids is 2. The molecule has 0 spiro atoms. The van der Waals surface area contributed by atoms with E-state index in [0.717, 1.165) is 5.56 Å². The maximum Gasteiger partial charge on any atom is 0.333 e. The van der Waals surface area contributed by atoms with E-state index in [-0.39, 0.29) is 56.2 Å². The van der Waals surface area contributed by atoms with Gasteiger partial charge in [-0.25, -0.2) is 14.4 Å². The third kappa shape index (κ3) is 11.9. The number of hydrogen-bond acceptors (Lipinski definition) is 7. The van der Waals surface area contributed by atoms with Crippen LogP contribution >= 0.6 is 0 Å². The molecule has 9 nitrogen and oxygen atoms in total. The lowest BCUT2D eigenvalue weighted by Gasteiger charge is -2.27. The maximum atomic E-state index is 11.9. The maximum absolute atomic E-state index is 11.9. The molecule has 0 aromatic heterocycles. The van der Waals surface area contributed by atoms with Gasteiger partial charge in [-0.3, -0.25) is 0 Å². The molecule has 0 heterocycles. The molecule has 2 unspecified atom stereocenters. The van der Waals surface area contributed by atoms with Crippen LogP contribution in [0.1, 0.15) is 25.8 Å². The first-order valence-corrected chi connectivity index (χ1v) is 11.6. The van der Waals surface area contributed by atoms with Crippen molar-refractivity contribution >= 4 is 17.9 Å². The van der Waals surface area contributed by atoms with Crippen LogP contribution in [0.3, 0.4) is 0 Å². The molecule has 0 bridgehead atoms. The lowest BCUT2D eigenvalue weighted by Crippen LogP contribution is -2.35. The van der Waals surface area contributed by atoms with E-state index in [1.807, 2.05) is 37.3 Å². The van der Waals surface area contributed by atoms with Gasteiger partial charge < -0.3 is 29.2 Å². The van der Waals surface area contributed by atoms with Gasteiger partial charge in [-0.1, -0.05) is 49.6 Å². The number of aliphatic carboxylic acids is 2. The lowest BCUT2D eigenvalue weighted by atomic mass is 9.88. The Morgan fingerprint density at radius 1 is 0.972 bits per heavy atom. The van der Waals surface area contributed by atoms with Crippen LogP contribution in [0.4, 0.5) is 0 Å². The number of allylic oxidation sites excluding steroid dienone is 1. The Morgan fingerprint density at radius 2 is 1.64 bits per heavy atom. The average Bonchev–Trinajstić information content (AvgIpc) is 2.86. The Kier molecular flexibility index (Phi) is 14.7. The van der Waals surface area contributed by atoms with Crippen LogP contribution in [-0.4, -0.2) is 73.9 Å². The second-order valence-corrected chi connectivity index (χ2v) is 7.94. The van der Waals surface area contributed by atoms with Gasteiger partial charge >= 0.3 is 17.9 Å². The van der Waals surface area contributed by atoms with E-state index >= 15 is 0 Å². The van der Waals surface area contributed by atoms with Crippen molar-refractivity contribution in [2.45, 2.75) is 32.8 Å². The molecule has 0 aliphatic rings.